The molecular weight excluding hydrogens is 289 g/mol. The average molecular weight is 300 g/mol. The third kappa shape index (κ3) is 3.00. The molecule has 0 amide bonds. The van der Waals surface area contributed by atoms with Crippen LogP contribution in [0.2, 0.25) is 10.0 Å². The van der Waals surface area contributed by atoms with Gasteiger partial charge in [-0.2, -0.15) is 5.10 Å². The van der Waals surface area contributed by atoms with E-state index in [-0.39, 0.29) is 12.1 Å². The molecule has 0 bridgehead atoms. The summed E-state index contributed by atoms with van der Waals surface area (Å²) >= 11 is 11.9. The molecule has 0 saturated heterocycles. The summed E-state index contributed by atoms with van der Waals surface area (Å²) in [6.07, 6.45) is 1.32. The summed E-state index contributed by atoms with van der Waals surface area (Å²) in [5, 5.41) is 17.1. The second-order valence-corrected chi connectivity index (χ2v) is 4.76. The van der Waals surface area contributed by atoms with Gasteiger partial charge in [0.05, 0.1) is 29.1 Å². The smallest absolute Gasteiger partial charge is 0.339 e. The van der Waals surface area contributed by atoms with E-state index >= 15 is 0 Å². The number of carbonyl (C=O) groups is 1. The lowest BCUT2D eigenvalue weighted by atomic mass is 10.2. The zero-order valence-electron chi connectivity index (χ0n) is 10.0. The molecule has 0 atom stereocenters. The number of anilines is 1. The van der Waals surface area contributed by atoms with Crippen molar-refractivity contribution in [2.45, 2.75) is 6.54 Å². The normalized spacial score (nSPS) is 10.5. The van der Waals surface area contributed by atoms with Crippen LogP contribution in [0.4, 0.5) is 5.69 Å². The van der Waals surface area contributed by atoms with Crippen molar-refractivity contribution in [2.24, 2.45) is 7.05 Å². The lowest BCUT2D eigenvalue weighted by Gasteiger charge is -2.10. The maximum Gasteiger partial charge on any atom is 0.339 e. The second-order valence-electron chi connectivity index (χ2n) is 3.91. The van der Waals surface area contributed by atoms with Gasteiger partial charge in [0.25, 0.3) is 0 Å². The molecule has 2 aromatic rings. The molecule has 0 spiro atoms. The zero-order valence-corrected chi connectivity index (χ0v) is 11.5. The molecule has 0 aliphatic carbocycles. The summed E-state index contributed by atoms with van der Waals surface area (Å²) in [7, 11) is 1.68. The van der Waals surface area contributed by atoms with Crippen molar-refractivity contribution in [2.75, 3.05) is 5.32 Å². The molecular formula is C12H11Cl2N3O2. The number of benzene rings is 1. The maximum absolute atomic E-state index is 11.0. The summed E-state index contributed by atoms with van der Waals surface area (Å²) in [5.41, 5.74) is 1.36. The summed E-state index contributed by atoms with van der Waals surface area (Å²) in [4.78, 5) is 11.0. The van der Waals surface area contributed by atoms with E-state index in [1.165, 1.54) is 10.9 Å². The highest BCUT2D eigenvalue weighted by molar-refractivity contribution is 6.35. The SMILES string of the molecule is Cn1ncc(C(=O)O)c1CNc1cc(Cl)ccc1Cl. The fourth-order valence-electron chi connectivity index (χ4n) is 1.66. The van der Waals surface area contributed by atoms with Crippen LogP contribution in [-0.4, -0.2) is 20.9 Å². The Morgan fingerprint density at radius 3 is 2.89 bits per heavy atom. The van der Waals surface area contributed by atoms with Crippen LogP contribution in [0.1, 0.15) is 16.1 Å². The molecule has 19 heavy (non-hydrogen) atoms. The van der Waals surface area contributed by atoms with Gasteiger partial charge in [0, 0.05) is 12.1 Å². The van der Waals surface area contributed by atoms with Crippen LogP contribution in [0.15, 0.2) is 24.4 Å². The molecule has 0 radical (unpaired) electrons. The van der Waals surface area contributed by atoms with Gasteiger partial charge in [-0.15, -0.1) is 0 Å². The number of aromatic carboxylic acids is 1. The minimum absolute atomic E-state index is 0.160. The van der Waals surface area contributed by atoms with E-state index in [9.17, 15) is 4.79 Å². The Morgan fingerprint density at radius 1 is 1.47 bits per heavy atom. The summed E-state index contributed by atoms with van der Waals surface area (Å²) in [5.74, 6) is -1.01. The summed E-state index contributed by atoms with van der Waals surface area (Å²) in [6.45, 7) is 0.290. The lowest BCUT2D eigenvalue weighted by Crippen LogP contribution is -2.10. The van der Waals surface area contributed by atoms with Gasteiger partial charge in [0.1, 0.15) is 5.56 Å². The van der Waals surface area contributed by atoms with E-state index in [0.29, 0.717) is 21.4 Å². The van der Waals surface area contributed by atoms with E-state index in [1.807, 2.05) is 0 Å². The first kappa shape index (κ1) is 13.7. The Labute approximate surface area is 119 Å². The largest absolute Gasteiger partial charge is 0.478 e. The number of nitrogens with one attached hydrogen (secondary N) is 1. The van der Waals surface area contributed by atoms with Crippen molar-refractivity contribution < 1.29 is 9.90 Å². The van der Waals surface area contributed by atoms with Gasteiger partial charge in [0.15, 0.2) is 0 Å². The van der Waals surface area contributed by atoms with Crippen LogP contribution in [0.3, 0.4) is 0 Å². The van der Waals surface area contributed by atoms with Crippen molar-refractivity contribution in [1.29, 1.82) is 0 Å². The van der Waals surface area contributed by atoms with Crippen molar-refractivity contribution in [3.8, 4) is 0 Å². The second kappa shape index (κ2) is 5.50. The van der Waals surface area contributed by atoms with E-state index in [1.54, 1.807) is 25.2 Å². The van der Waals surface area contributed by atoms with Crippen LogP contribution in [0.25, 0.3) is 0 Å². The lowest BCUT2D eigenvalue weighted by molar-refractivity contribution is 0.0695. The number of carboxylic acid groups (broad SMARTS) is 1. The van der Waals surface area contributed by atoms with Crippen LogP contribution >= 0.6 is 23.2 Å². The molecule has 0 aliphatic heterocycles. The number of carboxylic acids is 1. The van der Waals surface area contributed by atoms with E-state index < -0.39 is 5.97 Å². The Hall–Kier alpha value is -1.72. The van der Waals surface area contributed by atoms with Crippen LogP contribution in [0.5, 0.6) is 0 Å². The molecule has 0 aliphatic rings. The fraction of sp³-hybridized carbons (Fsp3) is 0.167. The minimum Gasteiger partial charge on any atom is -0.478 e. The fourth-order valence-corrected chi connectivity index (χ4v) is 2.02. The number of hydrogen-bond donors (Lipinski definition) is 2. The van der Waals surface area contributed by atoms with Gasteiger partial charge in [-0.25, -0.2) is 4.79 Å². The topological polar surface area (TPSA) is 67.2 Å². The third-order valence-electron chi connectivity index (χ3n) is 2.67. The van der Waals surface area contributed by atoms with Crippen molar-refractivity contribution >= 4 is 34.9 Å². The molecule has 0 unspecified atom stereocenters. The average Bonchev–Trinajstić information content (AvgIpc) is 2.72. The van der Waals surface area contributed by atoms with Crippen molar-refractivity contribution in [3.05, 3.63) is 45.7 Å². The number of halogens is 2. The highest BCUT2D eigenvalue weighted by Gasteiger charge is 2.15. The number of aryl methyl sites for hydroxylation is 1. The molecule has 7 heteroatoms. The van der Waals surface area contributed by atoms with E-state index in [0.717, 1.165) is 0 Å². The van der Waals surface area contributed by atoms with Gasteiger partial charge in [0.2, 0.25) is 0 Å². The van der Waals surface area contributed by atoms with Crippen molar-refractivity contribution in [3.63, 3.8) is 0 Å². The van der Waals surface area contributed by atoms with E-state index in [2.05, 4.69) is 10.4 Å². The van der Waals surface area contributed by atoms with Crippen LogP contribution < -0.4 is 5.32 Å². The van der Waals surface area contributed by atoms with E-state index in [4.69, 9.17) is 28.3 Å². The summed E-state index contributed by atoms with van der Waals surface area (Å²) in [6, 6.07) is 5.04. The Balaban J connectivity index is 2.21. The highest BCUT2D eigenvalue weighted by Crippen LogP contribution is 2.26. The Morgan fingerprint density at radius 2 is 2.21 bits per heavy atom. The van der Waals surface area contributed by atoms with Gasteiger partial charge in [-0.05, 0) is 18.2 Å². The predicted octanol–water partition coefficient (Wildman–Crippen LogP) is 3.04. The number of hydrogen-bond acceptors (Lipinski definition) is 3. The quantitative estimate of drug-likeness (QED) is 0.910. The molecule has 2 rings (SSSR count). The molecule has 0 saturated carbocycles. The first-order valence-corrected chi connectivity index (χ1v) is 6.17. The van der Waals surface area contributed by atoms with Crippen molar-refractivity contribution in [1.82, 2.24) is 9.78 Å². The number of rotatable bonds is 4. The van der Waals surface area contributed by atoms with Crippen LogP contribution in [0, 0.1) is 0 Å². The minimum atomic E-state index is -1.01. The number of aromatic nitrogens is 2. The van der Waals surface area contributed by atoms with Gasteiger partial charge < -0.3 is 10.4 Å². The molecule has 1 aromatic heterocycles. The zero-order chi connectivity index (χ0) is 14.0. The Bertz CT molecular complexity index is 625. The maximum atomic E-state index is 11.0. The van der Waals surface area contributed by atoms with Gasteiger partial charge in [-0.3, -0.25) is 4.68 Å². The van der Waals surface area contributed by atoms with Crippen LogP contribution in [-0.2, 0) is 13.6 Å². The first-order valence-electron chi connectivity index (χ1n) is 5.42. The standard InChI is InChI=1S/C12H11Cl2N3O2/c1-17-11(8(5-16-17)12(18)19)6-15-10-4-7(13)2-3-9(10)14/h2-5,15H,6H2,1H3,(H,18,19). The molecule has 5 nitrogen and oxygen atoms in total. The molecule has 1 aromatic carbocycles. The summed E-state index contributed by atoms with van der Waals surface area (Å²) < 4.78 is 1.51. The molecule has 2 N–H and O–H groups in total. The van der Waals surface area contributed by atoms with Gasteiger partial charge >= 0.3 is 5.97 Å². The molecule has 100 valence electrons. The monoisotopic (exact) mass is 299 g/mol. The van der Waals surface area contributed by atoms with Gasteiger partial charge in [-0.1, -0.05) is 23.2 Å². The Kier molecular flexibility index (Phi) is 3.97. The molecule has 0 fully saturated rings. The first-order chi connectivity index (χ1) is 8.99. The highest BCUT2D eigenvalue weighted by atomic mass is 35.5. The third-order valence-corrected chi connectivity index (χ3v) is 3.23. The number of nitrogens with zero attached hydrogens (tertiary/aromatic N) is 2. The molecule has 1 heterocycles. The predicted molar refractivity (Wildman–Crippen MR) is 74.0 cm³/mol.